The SMILES string of the molecule is O=c1c2cnn(-c3cccc(C(F)(F)F)c3)c2ncn1CC1(O)CCNCC1. The smallest absolute Gasteiger partial charge is 0.388 e. The van der Waals surface area contributed by atoms with Crippen molar-refractivity contribution in [1.29, 1.82) is 0 Å². The lowest BCUT2D eigenvalue weighted by atomic mass is 9.92. The van der Waals surface area contributed by atoms with Crippen LogP contribution in [0.1, 0.15) is 18.4 Å². The van der Waals surface area contributed by atoms with E-state index in [9.17, 15) is 23.1 Å². The highest BCUT2D eigenvalue weighted by molar-refractivity contribution is 5.75. The Hall–Kier alpha value is -2.72. The van der Waals surface area contributed by atoms with Gasteiger partial charge in [-0.2, -0.15) is 18.3 Å². The maximum Gasteiger partial charge on any atom is 0.416 e. The van der Waals surface area contributed by atoms with Gasteiger partial charge in [-0.05, 0) is 44.1 Å². The van der Waals surface area contributed by atoms with Gasteiger partial charge in [0.2, 0.25) is 0 Å². The summed E-state index contributed by atoms with van der Waals surface area (Å²) in [7, 11) is 0. The van der Waals surface area contributed by atoms with Crippen LogP contribution in [0.15, 0.2) is 41.6 Å². The van der Waals surface area contributed by atoms with E-state index in [1.807, 2.05) is 0 Å². The van der Waals surface area contributed by atoms with E-state index in [-0.39, 0.29) is 23.3 Å². The van der Waals surface area contributed by atoms with Gasteiger partial charge in [-0.25, -0.2) is 9.67 Å². The quantitative estimate of drug-likeness (QED) is 0.708. The molecule has 1 aromatic carbocycles. The van der Waals surface area contributed by atoms with Crippen molar-refractivity contribution in [3.05, 3.63) is 52.7 Å². The third-order valence-electron chi connectivity index (χ3n) is 4.97. The van der Waals surface area contributed by atoms with Gasteiger partial charge in [-0.3, -0.25) is 9.36 Å². The molecule has 4 rings (SSSR count). The third-order valence-corrected chi connectivity index (χ3v) is 4.97. The predicted octanol–water partition coefficient (Wildman–Crippen LogP) is 1.72. The number of aliphatic hydroxyl groups is 1. The normalized spacial score (nSPS) is 17.1. The minimum Gasteiger partial charge on any atom is -0.388 e. The summed E-state index contributed by atoms with van der Waals surface area (Å²) in [6, 6.07) is 4.67. The Labute approximate surface area is 157 Å². The zero-order valence-corrected chi connectivity index (χ0v) is 14.8. The average molecular weight is 393 g/mol. The first-order valence-corrected chi connectivity index (χ1v) is 8.81. The number of piperidine rings is 1. The molecular weight excluding hydrogens is 375 g/mol. The van der Waals surface area contributed by atoms with Crippen molar-refractivity contribution < 1.29 is 18.3 Å². The molecule has 0 saturated carbocycles. The highest BCUT2D eigenvalue weighted by Gasteiger charge is 2.31. The number of halogens is 3. The van der Waals surface area contributed by atoms with Gasteiger partial charge in [0.1, 0.15) is 11.7 Å². The van der Waals surface area contributed by atoms with Crippen molar-refractivity contribution in [2.24, 2.45) is 0 Å². The molecule has 0 unspecified atom stereocenters. The molecule has 3 heterocycles. The number of alkyl halides is 3. The second-order valence-corrected chi connectivity index (χ2v) is 6.99. The molecule has 0 atom stereocenters. The van der Waals surface area contributed by atoms with Gasteiger partial charge in [0.15, 0.2) is 5.65 Å². The van der Waals surface area contributed by atoms with Crippen LogP contribution in [-0.4, -0.2) is 43.1 Å². The van der Waals surface area contributed by atoms with E-state index in [1.165, 1.54) is 33.9 Å². The molecule has 28 heavy (non-hydrogen) atoms. The van der Waals surface area contributed by atoms with E-state index < -0.39 is 22.9 Å². The summed E-state index contributed by atoms with van der Waals surface area (Å²) in [6.45, 7) is 1.42. The topological polar surface area (TPSA) is 85.0 Å². The van der Waals surface area contributed by atoms with Crippen LogP contribution < -0.4 is 10.9 Å². The Balaban J connectivity index is 1.72. The highest BCUT2D eigenvalue weighted by Crippen LogP contribution is 2.30. The number of fused-ring (bicyclic) bond motifs is 1. The number of nitrogens with one attached hydrogen (secondary N) is 1. The van der Waals surface area contributed by atoms with Crippen LogP contribution in [0.2, 0.25) is 0 Å². The molecule has 1 aliphatic rings. The molecule has 2 aromatic heterocycles. The lowest BCUT2D eigenvalue weighted by Gasteiger charge is -2.32. The first-order chi connectivity index (χ1) is 13.3. The molecule has 10 heteroatoms. The van der Waals surface area contributed by atoms with Crippen molar-refractivity contribution in [3.8, 4) is 5.69 Å². The van der Waals surface area contributed by atoms with E-state index in [4.69, 9.17) is 0 Å². The summed E-state index contributed by atoms with van der Waals surface area (Å²) < 4.78 is 41.4. The number of hydrogen-bond donors (Lipinski definition) is 2. The Morgan fingerprint density at radius 3 is 2.71 bits per heavy atom. The number of benzene rings is 1. The van der Waals surface area contributed by atoms with Crippen LogP contribution >= 0.6 is 0 Å². The number of hydrogen-bond acceptors (Lipinski definition) is 5. The molecule has 0 bridgehead atoms. The summed E-state index contributed by atoms with van der Waals surface area (Å²) in [6.07, 6.45) is -0.865. The molecule has 2 N–H and O–H groups in total. The Bertz CT molecular complexity index is 1070. The lowest BCUT2D eigenvalue weighted by molar-refractivity contribution is -0.137. The second kappa shape index (κ2) is 6.71. The van der Waals surface area contributed by atoms with Crippen LogP contribution in [0, 0.1) is 0 Å². The molecule has 1 saturated heterocycles. The molecule has 0 amide bonds. The summed E-state index contributed by atoms with van der Waals surface area (Å²) in [5.41, 5.74) is -1.88. The summed E-state index contributed by atoms with van der Waals surface area (Å²) >= 11 is 0. The van der Waals surface area contributed by atoms with E-state index in [2.05, 4.69) is 15.4 Å². The van der Waals surface area contributed by atoms with Crippen molar-refractivity contribution >= 4 is 11.0 Å². The lowest BCUT2D eigenvalue weighted by Crippen LogP contribution is -2.46. The minimum absolute atomic E-state index is 0.102. The van der Waals surface area contributed by atoms with Gasteiger partial charge >= 0.3 is 6.18 Å². The summed E-state index contributed by atoms with van der Waals surface area (Å²) in [5.74, 6) is 0. The zero-order chi connectivity index (χ0) is 19.9. The number of rotatable bonds is 3. The fourth-order valence-electron chi connectivity index (χ4n) is 3.43. The van der Waals surface area contributed by atoms with Crippen molar-refractivity contribution in [3.63, 3.8) is 0 Å². The Morgan fingerprint density at radius 2 is 2.00 bits per heavy atom. The molecular formula is C18H18F3N5O2. The average Bonchev–Trinajstić information content (AvgIpc) is 3.09. The molecule has 0 aliphatic carbocycles. The first kappa shape index (κ1) is 18.6. The van der Waals surface area contributed by atoms with Gasteiger partial charge in [0, 0.05) is 0 Å². The molecule has 1 fully saturated rings. The largest absolute Gasteiger partial charge is 0.416 e. The van der Waals surface area contributed by atoms with Crippen LogP contribution in [0.3, 0.4) is 0 Å². The van der Waals surface area contributed by atoms with Gasteiger partial charge in [-0.15, -0.1) is 0 Å². The molecule has 148 valence electrons. The van der Waals surface area contributed by atoms with Crippen molar-refractivity contribution in [2.75, 3.05) is 13.1 Å². The standard InChI is InChI=1S/C18H18F3N5O2/c19-18(20,21)12-2-1-3-13(8-12)26-15-14(9-24-26)16(27)25(11-23-15)10-17(28)4-6-22-7-5-17/h1-3,8-9,11,22,28H,4-7,10H2. The fourth-order valence-corrected chi connectivity index (χ4v) is 3.43. The second-order valence-electron chi connectivity index (χ2n) is 6.99. The molecule has 3 aromatic rings. The predicted molar refractivity (Wildman–Crippen MR) is 95.2 cm³/mol. The maximum atomic E-state index is 13.0. The minimum atomic E-state index is -4.48. The van der Waals surface area contributed by atoms with E-state index >= 15 is 0 Å². The van der Waals surface area contributed by atoms with Crippen LogP contribution in [-0.2, 0) is 12.7 Å². The highest BCUT2D eigenvalue weighted by atomic mass is 19.4. The third kappa shape index (κ3) is 3.40. The van der Waals surface area contributed by atoms with Crippen LogP contribution in [0.4, 0.5) is 13.2 Å². The Morgan fingerprint density at radius 1 is 1.25 bits per heavy atom. The Kier molecular flexibility index (Phi) is 4.47. The monoisotopic (exact) mass is 393 g/mol. The van der Waals surface area contributed by atoms with E-state index in [0.717, 1.165) is 12.1 Å². The van der Waals surface area contributed by atoms with Gasteiger partial charge in [0.05, 0.1) is 29.6 Å². The zero-order valence-electron chi connectivity index (χ0n) is 14.8. The number of nitrogens with zero attached hydrogens (tertiary/aromatic N) is 4. The van der Waals surface area contributed by atoms with E-state index in [1.54, 1.807) is 0 Å². The number of aromatic nitrogens is 4. The molecule has 1 aliphatic heterocycles. The van der Waals surface area contributed by atoms with E-state index in [0.29, 0.717) is 25.9 Å². The van der Waals surface area contributed by atoms with Crippen molar-refractivity contribution in [2.45, 2.75) is 31.2 Å². The molecule has 0 spiro atoms. The van der Waals surface area contributed by atoms with Gasteiger partial charge in [0.25, 0.3) is 5.56 Å². The van der Waals surface area contributed by atoms with Gasteiger partial charge < -0.3 is 10.4 Å². The molecule has 0 radical (unpaired) electrons. The van der Waals surface area contributed by atoms with Crippen LogP contribution in [0.5, 0.6) is 0 Å². The molecule has 7 nitrogen and oxygen atoms in total. The fraction of sp³-hybridized carbons (Fsp3) is 0.389. The van der Waals surface area contributed by atoms with Crippen LogP contribution in [0.25, 0.3) is 16.7 Å². The first-order valence-electron chi connectivity index (χ1n) is 8.81. The summed E-state index contributed by atoms with van der Waals surface area (Å²) in [4.78, 5) is 17.0. The van der Waals surface area contributed by atoms with Crippen molar-refractivity contribution in [1.82, 2.24) is 24.6 Å². The van der Waals surface area contributed by atoms with Gasteiger partial charge in [-0.1, -0.05) is 6.07 Å². The summed E-state index contributed by atoms with van der Waals surface area (Å²) in [5, 5.41) is 18.0. The maximum absolute atomic E-state index is 13.0.